The van der Waals surface area contributed by atoms with Gasteiger partial charge in [-0.25, -0.2) is 4.79 Å². The van der Waals surface area contributed by atoms with Crippen LogP contribution in [-0.2, 0) is 9.53 Å². The number of rotatable bonds is 3. The lowest BCUT2D eigenvalue weighted by molar-refractivity contribution is -0.131. The molecule has 24 heavy (non-hydrogen) atoms. The highest BCUT2D eigenvalue weighted by Gasteiger charge is 2.41. The van der Waals surface area contributed by atoms with Gasteiger partial charge in [0.2, 0.25) is 5.91 Å². The van der Waals surface area contributed by atoms with Crippen LogP contribution in [0.2, 0.25) is 5.02 Å². The van der Waals surface area contributed by atoms with Gasteiger partial charge in [0.1, 0.15) is 0 Å². The number of ether oxygens (including phenoxy) is 1. The van der Waals surface area contributed by atoms with Gasteiger partial charge in [0, 0.05) is 24.8 Å². The van der Waals surface area contributed by atoms with E-state index >= 15 is 0 Å². The predicted octanol–water partition coefficient (Wildman–Crippen LogP) is 2.64. The van der Waals surface area contributed by atoms with Gasteiger partial charge in [-0.2, -0.15) is 5.26 Å². The van der Waals surface area contributed by atoms with Crippen LogP contribution in [0.15, 0.2) is 24.3 Å². The second-order valence-electron chi connectivity index (χ2n) is 6.24. The first kappa shape index (κ1) is 16.7. The third-order valence-corrected chi connectivity index (χ3v) is 4.89. The van der Waals surface area contributed by atoms with E-state index in [9.17, 15) is 14.9 Å². The van der Waals surface area contributed by atoms with Crippen molar-refractivity contribution in [3.8, 4) is 6.07 Å². The molecule has 3 amide bonds. The van der Waals surface area contributed by atoms with Crippen LogP contribution in [0.4, 0.5) is 4.79 Å². The molecule has 126 valence electrons. The van der Waals surface area contributed by atoms with Gasteiger partial charge >= 0.3 is 6.03 Å². The number of nitrogens with one attached hydrogen (secondary N) is 1. The Balaban J connectivity index is 1.72. The first-order chi connectivity index (χ1) is 11.5. The summed E-state index contributed by atoms with van der Waals surface area (Å²) in [6.07, 6.45) is 1.23. The standard InChI is InChI=1S/C17H18ClN3O3/c18-13-3-1-12(2-4-13)14-9-15(22)21(16(23)20-14)11-17(10-19)5-7-24-8-6-17/h1-4,14H,5-9,11H2,(H,20,23). The number of halogens is 1. The summed E-state index contributed by atoms with van der Waals surface area (Å²) in [5.41, 5.74) is 0.125. The van der Waals surface area contributed by atoms with Crippen LogP contribution in [0.5, 0.6) is 0 Å². The molecule has 0 aliphatic carbocycles. The van der Waals surface area contributed by atoms with E-state index in [0.29, 0.717) is 31.1 Å². The molecule has 2 fully saturated rings. The summed E-state index contributed by atoms with van der Waals surface area (Å²) in [6.45, 7) is 1.07. The molecule has 0 saturated carbocycles. The number of carbonyl (C=O) groups is 2. The molecule has 1 aromatic rings. The second-order valence-corrected chi connectivity index (χ2v) is 6.68. The molecule has 0 radical (unpaired) electrons. The van der Waals surface area contributed by atoms with Gasteiger partial charge in [-0.05, 0) is 30.5 Å². The molecule has 2 aliphatic heterocycles. The molecule has 6 nitrogen and oxygen atoms in total. The third kappa shape index (κ3) is 3.37. The maximum atomic E-state index is 12.5. The minimum Gasteiger partial charge on any atom is -0.381 e. The summed E-state index contributed by atoms with van der Waals surface area (Å²) in [4.78, 5) is 26.1. The van der Waals surface area contributed by atoms with E-state index in [4.69, 9.17) is 16.3 Å². The van der Waals surface area contributed by atoms with Gasteiger partial charge < -0.3 is 10.1 Å². The Morgan fingerprint density at radius 2 is 1.96 bits per heavy atom. The number of urea groups is 1. The second kappa shape index (κ2) is 6.80. The fourth-order valence-electron chi connectivity index (χ4n) is 3.10. The van der Waals surface area contributed by atoms with Crippen molar-refractivity contribution in [1.29, 1.82) is 5.26 Å². The summed E-state index contributed by atoms with van der Waals surface area (Å²) < 4.78 is 5.29. The van der Waals surface area contributed by atoms with E-state index in [0.717, 1.165) is 5.56 Å². The molecule has 2 heterocycles. The lowest BCUT2D eigenvalue weighted by atomic mass is 9.81. The van der Waals surface area contributed by atoms with Crippen molar-refractivity contribution in [1.82, 2.24) is 10.2 Å². The Bertz CT molecular complexity index is 659. The van der Waals surface area contributed by atoms with E-state index in [-0.39, 0.29) is 24.9 Å². The normalized spacial score (nSPS) is 23.5. The molecule has 0 spiro atoms. The highest BCUT2D eigenvalue weighted by molar-refractivity contribution is 6.30. The molecule has 1 aromatic carbocycles. The summed E-state index contributed by atoms with van der Waals surface area (Å²) in [5.74, 6) is -0.264. The monoisotopic (exact) mass is 347 g/mol. The highest BCUT2D eigenvalue weighted by Crippen LogP contribution is 2.33. The molecular formula is C17H18ClN3O3. The molecule has 1 N–H and O–H groups in total. The zero-order valence-corrected chi connectivity index (χ0v) is 13.9. The van der Waals surface area contributed by atoms with Gasteiger partial charge in [-0.1, -0.05) is 23.7 Å². The lowest BCUT2D eigenvalue weighted by Gasteiger charge is -2.38. The number of nitriles is 1. The fourth-order valence-corrected chi connectivity index (χ4v) is 3.23. The molecule has 2 aliphatic rings. The Hall–Kier alpha value is -2.10. The first-order valence-electron chi connectivity index (χ1n) is 7.88. The Morgan fingerprint density at radius 1 is 1.29 bits per heavy atom. The van der Waals surface area contributed by atoms with E-state index < -0.39 is 11.4 Å². The minimum atomic E-state index is -0.710. The van der Waals surface area contributed by atoms with Crippen LogP contribution in [0, 0.1) is 16.7 Å². The molecule has 3 rings (SSSR count). The van der Waals surface area contributed by atoms with Crippen molar-refractivity contribution in [2.45, 2.75) is 25.3 Å². The summed E-state index contributed by atoms with van der Waals surface area (Å²) in [5, 5.41) is 13.0. The first-order valence-corrected chi connectivity index (χ1v) is 8.26. The maximum Gasteiger partial charge on any atom is 0.324 e. The number of hydrogen-bond acceptors (Lipinski definition) is 4. The van der Waals surface area contributed by atoms with Crippen molar-refractivity contribution in [2.75, 3.05) is 19.8 Å². The van der Waals surface area contributed by atoms with Crippen LogP contribution in [0.25, 0.3) is 0 Å². The Morgan fingerprint density at radius 3 is 2.54 bits per heavy atom. The number of hydrogen-bond donors (Lipinski definition) is 1. The van der Waals surface area contributed by atoms with Crippen LogP contribution < -0.4 is 5.32 Å². The van der Waals surface area contributed by atoms with E-state index in [1.807, 2.05) is 0 Å². The molecule has 2 saturated heterocycles. The van der Waals surface area contributed by atoms with Crippen molar-refractivity contribution in [3.63, 3.8) is 0 Å². The van der Waals surface area contributed by atoms with Crippen LogP contribution in [0.1, 0.15) is 30.9 Å². The van der Waals surface area contributed by atoms with Crippen molar-refractivity contribution < 1.29 is 14.3 Å². The fraction of sp³-hybridized carbons (Fsp3) is 0.471. The molecule has 7 heteroatoms. The van der Waals surface area contributed by atoms with Crippen molar-refractivity contribution in [3.05, 3.63) is 34.9 Å². The SMILES string of the molecule is N#CC1(CN2C(=O)CC(c3ccc(Cl)cc3)NC2=O)CCOCC1. The van der Waals surface area contributed by atoms with Crippen LogP contribution in [-0.4, -0.2) is 36.6 Å². The smallest absolute Gasteiger partial charge is 0.324 e. The Labute approximate surface area is 145 Å². The van der Waals surface area contributed by atoms with Crippen molar-refractivity contribution >= 4 is 23.5 Å². The lowest BCUT2D eigenvalue weighted by Crippen LogP contribution is -2.55. The van der Waals surface area contributed by atoms with E-state index in [2.05, 4.69) is 11.4 Å². The highest BCUT2D eigenvalue weighted by atomic mass is 35.5. The van der Waals surface area contributed by atoms with E-state index in [1.54, 1.807) is 24.3 Å². The van der Waals surface area contributed by atoms with Gasteiger partial charge in [-0.3, -0.25) is 9.69 Å². The molecule has 0 bridgehead atoms. The maximum absolute atomic E-state index is 12.5. The number of carbonyl (C=O) groups excluding carboxylic acids is 2. The topological polar surface area (TPSA) is 82.4 Å². The molecule has 0 aromatic heterocycles. The summed E-state index contributed by atoms with van der Waals surface area (Å²) in [7, 11) is 0. The average molecular weight is 348 g/mol. The van der Waals surface area contributed by atoms with Gasteiger partial charge in [0.05, 0.1) is 23.9 Å². The predicted molar refractivity (Wildman–Crippen MR) is 87.2 cm³/mol. The third-order valence-electron chi connectivity index (χ3n) is 4.64. The van der Waals surface area contributed by atoms with Gasteiger partial charge in [-0.15, -0.1) is 0 Å². The zero-order chi connectivity index (χ0) is 17.2. The quantitative estimate of drug-likeness (QED) is 0.911. The van der Waals surface area contributed by atoms with Crippen LogP contribution in [0.3, 0.4) is 0 Å². The summed E-state index contributed by atoms with van der Waals surface area (Å²) >= 11 is 5.87. The molecular weight excluding hydrogens is 330 g/mol. The van der Waals surface area contributed by atoms with Crippen molar-refractivity contribution in [2.24, 2.45) is 5.41 Å². The Kier molecular flexibility index (Phi) is 4.74. The molecule has 1 unspecified atom stereocenters. The number of benzene rings is 1. The number of nitrogens with zero attached hydrogens (tertiary/aromatic N) is 2. The minimum absolute atomic E-state index is 0.116. The zero-order valence-electron chi connectivity index (χ0n) is 13.1. The van der Waals surface area contributed by atoms with Crippen LogP contribution >= 0.6 is 11.6 Å². The number of amides is 3. The van der Waals surface area contributed by atoms with Gasteiger partial charge in [0.15, 0.2) is 0 Å². The summed E-state index contributed by atoms with van der Waals surface area (Å²) in [6, 6.07) is 8.52. The number of imide groups is 1. The largest absolute Gasteiger partial charge is 0.381 e. The van der Waals surface area contributed by atoms with E-state index in [1.165, 1.54) is 4.90 Å². The average Bonchev–Trinajstić information content (AvgIpc) is 2.59. The van der Waals surface area contributed by atoms with Gasteiger partial charge in [0.25, 0.3) is 0 Å². The molecule has 1 atom stereocenters.